The zero-order valence-electron chi connectivity index (χ0n) is 9.82. The summed E-state index contributed by atoms with van der Waals surface area (Å²) < 4.78 is 0. The number of benzene rings is 1. The van der Waals surface area contributed by atoms with E-state index in [0.29, 0.717) is 0 Å². The van der Waals surface area contributed by atoms with Crippen LogP contribution in [0.25, 0.3) is 10.6 Å². The highest BCUT2D eigenvalue weighted by Crippen LogP contribution is 2.25. The quantitative estimate of drug-likeness (QED) is 0.846. The van der Waals surface area contributed by atoms with E-state index in [9.17, 15) is 0 Å². The predicted molar refractivity (Wildman–Crippen MR) is 70.9 cm³/mol. The molecular weight excluding hydrogens is 216 g/mol. The smallest absolute Gasteiger partial charge is 0.123 e. The zero-order valence-corrected chi connectivity index (χ0v) is 10.6. The maximum Gasteiger partial charge on any atom is 0.123 e. The van der Waals surface area contributed by atoms with Gasteiger partial charge in [0.25, 0.3) is 0 Å². The molecule has 0 aliphatic carbocycles. The third-order valence-electron chi connectivity index (χ3n) is 2.06. The minimum absolute atomic E-state index is 0.0848. The van der Waals surface area contributed by atoms with E-state index in [1.807, 2.05) is 11.6 Å². The summed E-state index contributed by atoms with van der Waals surface area (Å²) in [5, 5.41) is 6.53. The van der Waals surface area contributed by atoms with Crippen molar-refractivity contribution in [3.8, 4) is 10.6 Å². The molecule has 0 saturated heterocycles. The van der Waals surface area contributed by atoms with Gasteiger partial charge in [0.15, 0.2) is 0 Å². The Morgan fingerprint density at radius 3 is 2.69 bits per heavy atom. The third-order valence-corrected chi connectivity index (χ3v) is 2.88. The Morgan fingerprint density at radius 1 is 1.25 bits per heavy atom. The molecule has 0 aliphatic heterocycles. The number of nitrogens with zero attached hydrogens (tertiary/aromatic N) is 1. The van der Waals surface area contributed by atoms with Gasteiger partial charge in [0, 0.05) is 28.4 Å². The van der Waals surface area contributed by atoms with E-state index >= 15 is 0 Å². The molecule has 16 heavy (non-hydrogen) atoms. The Kier molecular flexibility index (Phi) is 2.97. The summed E-state index contributed by atoms with van der Waals surface area (Å²) in [6.45, 7) is 6.47. The Morgan fingerprint density at radius 2 is 2.06 bits per heavy atom. The fourth-order valence-corrected chi connectivity index (χ4v) is 2.16. The Hall–Kier alpha value is -1.35. The molecule has 0 fully saturated rings. The molecular formula is C13H16N2S. The first-order chi connectivity index (χ1) is 7.54. The largest absolute Gasteiger partial charge is 0.380 e. The maximum atomic E-state index is 4.31. The van der Waals surface area contributed by atoms with Gasteiger partial charge in [-0.25, -0.2) is 4.98 Å². The molecule has 0 amide bonds. The molecule has 2 rings (SSSR count). The third kappa shape index (κ3) is 2.83. The second kappa shape index (κ2) is 4.26. The number of thiazole rings is 1. The molecule has 1 heterocycles. The van der Waals surface area contributed by atoms with E-state index in [0.717, 1.165) is 10.7 Å². The first kappa shape index (κ1) is 11.1. The first-order valence-corrected chi connectivity index (χ1v) is 6.21. The lowest BCUT2D eigenvalue weighted by Crippen LogP contribution is -2.25. The fraction of sp³-hybridized carbons (Fsp3) is 0.308. The van der Waals surface area contributed by atoms with Gasteiger partial charge in [-0.05, 0) is 32.9 Å². The molecule has 1 aromatic carbocycles. The van der Waals surface area contributed by atoms with E-state index in [1.165, 1.54) is 5.56 Å². The maximum absolute atomic E-state index is 4.31. The van der Waals surface area contributed by atoms with Gasteiger partial charge in [0.1, 0.15) is 5.01 Å². The van der Waals surface area contributed by atoms with Crippen LogP contribution in [0.15, 0.2) is 35.8 Å². The van der Waals surface area contributed by atoms with Crippen molar-refractivity contribution in [2.75, 3.05) is 5.32 Å². The van der Waals surface area contributed by atoms with Crippen LogP contribution in [0.4, 0.5) is 5.69 Å². The Bertz CT molecular complexity index is 455. The molecule has 2 nitrogen and oxygen atoms in total. The van der Waals surface area contributed by atoms with E-state index in [1.54, 1.807) is 11.3 Å². The molecule has 0 atom stereocenters. The van der Waals surface area contributed by atoms with Crippen LogP contribution in [0, 0.1) is 0 Å². The molecule has 0 radical (unpaired) electrons. The van der Waals surface area contributed by atoms with Gasteiger partial charge in [-0.15, -0.1) is 11.3 Å². The van der Waals surface area contributed by atoms with Gasteiger partial charge in [-0.2, -0.15) is 0 Å². The minimum atomic E-state index is 0.0848. The number of nitrogens with one attached hydrogen (secondary N) is 1. The summed E-state index contributed by atoms with van der Waals surface area (Å²) in [5.74, 6) is 0. The van der Waals surface area contributed by atoms with Gasteiger partial charge in [0.2, 0.25) is 0 Å². The van der Waals surface area contributed by atoms with Crippen LogP contribution in [0.1, 0.15) is 20.8 Å². The molecule has 0 spiro atoms. The molecule has 0 bridgehead atoms. The molecule has 3 heteroatoms. The predicted octanol–water partition coefficient (Wildman–Crippen LogP) is 4.02. The average Bonchev–Trinajstić information content (AvgIpc) is 2.68. The lowest BCUT2D eigenvalue weighted by atomic mass is 10.1. The Balaban J connectivity index is 2.27. The molecule has 0 unspecified atom stereocenters. The summed E-state index contributed by atoms with van der Waals surface area (Å²) in [7, 11) is 0. The van der Waals surface area contributed by atoms with Crippen LogP contribution in [0.2, 0.25) is 0 Å². The van der Waals surface area contributed by atoms with E-state index < -0.39 is 0 Å². The van der Waals surface area contributed by atoms with Crippen molar-refractivity contribution in [1.82, 2.24) is 4.98 Å². The van der Waals surface area contributed by atoms with Crippen molar-refractivity contribution < 1.29 is 0 Å². The summed E-state index contributed by atoms with van der Waals surface area (Å²) in [6, 6.07) is 8.38. The van der Waals surface area contributed by atoms with E-state index in [4.69, 9.17) is 0 Å². The number of rotatable bonds is 2. The molecule has 0 saturated carbocycles. The highest BCUT2D eigenvalue weighted by Gasteiger charge is 2.09. The van der Waals surface area contributed by atoms with Crippen molar-refractivity contribution in [1.29, 1.82) is 0 Å². The lowest BCUT2D eigenvalue weighted by Gasteiger charge is -2.22. The number of aromatic nitrogens is 1. The molecule has 2 aromatic rings. The van der Waals surface area contributed by atoms with Crippen molar-refractivity contribution in [3.05, 3.63) is 35.8 Å². The second-order valence-electron chi connectivity index (χ2n) is 4.79. The second-order valence-corrected chi connectivity index (χ2v) is 5.69. The molecule has 1 N–H and O–H groups in total. The molecule has 84 valence electrons. The van der Waals surface area contributed by atoms with Gasteiger partial charge in [0.05, 0.1) is 0 Å². The lowest BCUT2D eigenvalue weighted by molar-refractivity contribution is 0.634. The SMILES string of the molecule is CC(C)(C)Nc1cccc(-c2nccs2)c1. The van der Waals surface area contributed by atoms with Crippen LogP contribution in [-0.2, 0) is 0 Å². The number of hydrogen-bond acceptors (Lipinski definition) is 3. The summed E-state index contributed by atoms with van der Waals surface area (Å²) in [6.07, 6.45) is 1.84. The Labute approximate surface area is 100 Å². The number of anilines is 1. The van der Waals surface area contributed by atoms with Gasteiger partial charge >= 0.3 is 0 Å². The highest BCUT2D eigenvalue weighted by molar-refractivity contribution is 7.13. The van der Waals surface area contributed by atoms with Crippen LogP contribution in [-0.4, -0.2) is 10.5 Å². The average molecular weight is 232 g/mol. The van der Waals surface area contributed by atoms with Crippen LogP contribution < -0.4 is 5.32 Å². The normalized spacial score (nSPS) is 11.4. The summed E-state index contributed by atoms with van der Waals surface area (Å²) in [5.41, 5.74) is 2.39. The number of hydrogen-bond donors (Lipinski definition) is 1. The van der Waals surface area contributed by atoms with Gasteiger partial charge in [-0.1, -0.05) is 12.1 Å². The van der Waals surface area contributed by atoms with Crippen molar-refractivity contribution >= 4 is 17.0 Å². The van der Waals surface area contributed by atoms with Gasteiger partial charge in [-0.3, -0.25) is 0 Å². The first-order valence-electron chi connectivity index (χ1n) is 5.33. The van der Waals surface area contributed by atoms with Crippen LogP contribution in [0.3, 0.4) is 0 Å². The highest BCUT2D eigenvalue weighted by atomic mass is 32.1. The topological polar surface area (TPSA) is 24.9 Å². The van der Waals surface area contributed by atoms with Gasteiger partial charge < -0.3 is 5.32 Å². The van der Waals surface area contributed by atoms with Crippen molar-refractivity contribution in [2.45, 2.75) is 26.3 Å². The van der Waals surface area contributed by atoms with Crippen molar-refractivity contribution in [3.63, 3.8) is 0 Å². The monoisotopic (exact) mass is 232 g/mol. The van der Waals surface area contributed by atoms with E-state index in [2.05, 4.69) is 55.3 Å². The molecule has 1 aromatic heterocycles. The standard InChI is InChI=1S/C13H16N2S/c1-13(2,3)15-11-6-4-5-10(9-11)12-14-7-8-16-12/h4-9,15H,1-3H3. The van der Waals surface area contributed by atoms with Crippen LogP contribution in [0.5, 0.6) is 0 Å². The fourth-order valence-electron chi connectivity index (χ4n) is 1.53. The van der Waals surface area contributed by atoms with E-state index in [-0.39, 0.29) is 5.54 Å². The van der Waals surface area contributed by atoms with Crippen molar-refractivity contribution in [2.24, 2.45) is 0 Å². The van der Waals surface area contributed by atoms with Crippen LogP contribution >= 0.6 is 11.3 Å². The minimum Gasteiger partial charge on any atom is -0.380 e. The summed E-state index contributed by atoms with van der Waals surface area (Å²) in [4.78, 5) is 4.31. The zero-order chi connectivity index (χ0) is 11.6. The summed E-state index contributed by atoms with van der Waals surface area (Å²) >= 11 is 1.66. The molecule has 0 aliphatic rings.